The van der Waals surface area contributed by atoms with E-state index in [4.69, 9.17) is 11.6 Å². The van der Waals surface area contributed by atoms with Crippen LogP contribution >= 0.6 is 22.9 Å². The smallest absolute Gasteiger partial charge is 0.0873 e. The third kappa shape index (κ3) is 3.58. The van der Waals surface area contributed by atoms with E-state index in [1.54, 1.807) is 17.5 Å². The minimum absolute atomic E-state index is 0.0460. The van der Waals surface area contributed by atoms with Crippen molar-refractivity contribution in [1.82, 2.24) is 25.0 Å². The van der Waals surface area contributed by atoms with Gasteiger partial charge in [0.05, 0.1) is 35.0 Å². The van der Waals surface area contributed by atoms with Gasteiger partial charge in [0.2, 0.25) is 0 Å². The molecular formula is C13H20ClN5S. The lowest BCUT2D eigenvalue weighted by molar-refractivity contribution is 0.366. The van der Waals surface area contributed by atoms with Gasteiger partial charge in [0.1, 0.15) is 0 Å². The van der Waals surface area contributed by atoms with Crippen molar-refractivity contribution in [2.75, 3.05) is 27.2 Å². The molecule has 0 amide bonds. The van der Waals surface area contributed by atoms with Gasteiger partial charge in [-0.15, -0.1) is 11.3 Å². The van der Waals surface area contributed by atoms with Crippen molar-refractivity contribution in [3.05, 3.63) is 33.5 Å². The first kappa shape index (κ1) is 15.4. The van der Waals surface area contributed by atoms with E-state index >= 15 is 0 Å². The summed E-state index contributed by atoms with van der Waals surface area (Å²) in [5.41, 5.74) is 2.85. The topological polar surface area (TPSA) is 46.0 Å². The van der Waals surface area contributed by atoms with E-state index in [9.17, 15) is 0 Å². The Morgan fingerprint density at radius 1 is 1.45 bits per heavy atom. The summed E-state index contributed by atoms with van der Waals surface area (Å²) in [6.07, 6.45) is 3.61. The molecule has 0 bridgehead atoms. The van der Waals surface area contributed by atoms with Crippen LogP contribution < -0.4 is 5.32 Å². The number of halogens is 1. The average Bonchev–Trinajstić information content (AvgIpc) is 3.04. The van der Waals surface area contributed by atoms with E-state index in [0.29, 0.717) is 5.02 Å². The number of likely N-dealkylation sites (N-methyl/N-ethyl adjacent to an activating group) is 1. The highest BCUT2D eigenvalue weighted by molar-refractivity contribution is 7.09. The Bertz CT molecular complexity index is 523. The van der Waals surface area contributed by atoms with Crippen LogP contribution in [-0.2, 0) is 6.54 Å². The molecule has 0 fully saturated rings. The molecule has 0 spiro atoms. The zero-order valence-corrected chi connectivity index (χ0v) is 13.6. The van der Waals surface area contributed by atoms with Crippen LogP contribution in [0.25, 0.3) is 0 Å². The Labute approximate surface area is 128 Å². The monoisotopic (exact) mass is 313 g/mol. The number of nitrogens with zero attached hydrogens (tertiary/aromatic N) is 4. The average molecular weight is 314 g/mol. The molecule has 0 saturated carbocycles. The van der Waals surface area contributed by atoms with Gasteiger partial charge in [-0.05, 0) is 20.6 Å². The molecule has 0 aliphatic carbocycles. The number of nitrogens with one attached hydrogen (secondary N) is 1. The van der Waals surface area contributed by atoms with E-state index in [0.717, 1.165) is 30.2 Å². The first-order valence-corrected chi connectivity index (χ1v) is 7.87. The molecule has 7 heteroatoms. The van der Waals surface area contributed by atoms with Gasteiger partial charge in [0.15, 0.2) is 0 Å². The number of aromatic nitrogens is 3. The fraction of sp³-hybridized carbons (Fsp3) is 0.538. The second-order valence-electron chi connectivity index (χ2n) is 4.80. The minimum atomic E-state index is 0.0460. The Kier molecular flexibility index (Phi) is 5.54. The summed E-state index contributed by atoms with van der Waals surface area (Å²) in [7, 11) is 4.10. The number of rotatable bonds is 7. The zero-order chi connectivity index (χ0) is 14.5. The maximum absolute atomic E-state index is 6.35. The lowest BCUT2D eigenvalue weighted by Gasteiger charge is -2.19. The second kappa shape index (κ2) is 7.17. The molecule has 1 N–H and O–H groups in total. The highest BCUT2D eigenvalue weighted by Gasteiger charge is 2.22. The molecule has 5 nitrogen and oxygen atoms in total. The number of hydrogen-bond acceptors (Lipinski definition) is 5. The van der Waals surface area contributed by atoms with Gasteiger partial charge in [-0.1, -0.05) is 18.5 Å². The summed E-state index contributed by atoms with van der Waals surface area (Å²) >= 11 is 7.98. The fourth-order valence-corrected chi connectivity index (χ4v) is 2.98. The molecular weight excluding hydrogens is 294 g/mol. The summed E-state index contributed by atoms with van der Waals surface area (Å²) in [4.78, 5) is 7.45. The molecule has 0 aliphatic rings. The molecule has 2 rings (SSSR count). The molecule has 0 aromatic carbocycles. The van der Waals surface area contributed by atoms with Gasteiger partial charge in [-0.25, -0.2) is 0 Å². The predicted octanol–water partition coefficient (Wildman–Crippen LogP) is 2.25. The standard InChI is InChI=1S/C13H20ClN5S/c1-4-16-12(11-8-15-9-20-11)13-10(14)7-17-19(13)6-5-18(2)3/h7-9,12,16H,4-6H2,1-3H3. The van der Waals surface area contributed by atoms with Gasteiger partial charge in [0.25, 0.3) is 0 Å². The third-order valence-corrected chi connectivity index (χ3v) is 4.14. The normalized spacial score (nSPS) is 13.1. The predicted molar refractivity (Wildman–Crippen MR) is 83.4 cm³/mol. The molecule has 1 atom stereocenters. The second-order valence-corrected chi connectivity index (χ2v) is 6.12. The van der Waals surface area contributed by atoms with Crippen molar-refractivity contribution in [2.24, 2.45) is 0 Å². The van der Waals surface area contributed by atoms with Gasteiger partial charge >= 0.3 is 0 Å². The quantitative estimate of drug-likeness (QED) is 0.851. The fourth-order valence-electron chi connectivity index (χ4n) is 2.04. The van der Waals surface area contributed by atoms with E-state index in [1.807, 2.05) is 16.4 Å². The molecule has 20 heavy (non-hydrogen) atoms. The highest BCUT2D eigenvalue weighted by Crippen LogP contribution is 2.30. The van der Waals surface area contributed by atoms with Gasteiger partial charge < -0.3 is 10.2 Å². The lowest BCUT2D eigenvalue weighted by Crippen LogP contribution is -2.27. The molecule has 2 heterocycles. The van der Waals surface area contributed by atoms with Crippen LogP contribution in [0.2, 0.25) is 5.02 Å². The first-order valence-electron chi connectivity index (χ1n) is 6.61. The maximum atomic E-state index is 6.35. The van der Waals surface area contributed by atoms with Crippen molar-refractivity contribution in [3.8, 4) is 0 Å². The van der Waals surface area contributed by atoms with Gasteiger partial charge in [-0.2, -0.15) is 5.10 Å². The summed E-state index contributed by atoms with van der Waals surface area (Å²) in [6.45, 7) is 4.68. The van der Waals surface area contributed by atoms with Crippen LogP contribution in [0.3, 0.4) is 0 Å². The van der Waals surface area contributed by atoms with E-state index in [-0.39, 0.29) is 6.04 Å². The summed E-state index contributed by atoms with van der Waals surface area (Å²) in [6, 6.07) is 0.0460. The lowest BCUT2D eigenvalue weighted by atomic mass is 10.2. The SMILES string of the molecule is CCNC(c1cncs1)c1c(Cl)cnn1CCN(C)C. The van der Waals surface area contributed by atoms with E-state index in [2.05, 4.69) is 41.3 Å². The molecule has 2 aromatic rings. The third-order valence-electron chi connectivity index (χ3n) is 3.01. The molecule has 0 aliphatic heterocycles. The largest absolute Gasteiger partial charge is 0.308 e. The van der Waals surface area contributed by atoms with Crippen molar-refractivity contribution in [2.45, 2.75) is 19.5 Å². The molecule has 0 saturated heterocycles. The Morgan fingerprint density at radius 3 is 2.85 bits per heavy atom. The van der Waals surface area contributed by atoms with Crippen molar-refractivity contribution in [3.63, 3.8) is 0 Å². The van der Waals surface area contributed by atoms with Crippen LogP contribution in [0.5, 0.6) is 0 Å². The van der Waals surface area contributed by atoms with Crippen molar-refractivity contribution in [1.29, 1.82) is 0 Å². The van der Waals surface area contributed by atoms with Crippen LogP contribution in [0.4, 0.5) is 0 Å². The number of hydrogen-bond donors (Lipinski definition) is 1. The Hall–Kier alpha value is -0.950. The molecule has 1 unspecified atom stereocenters. The molecule has 0 radical (unpaired) electrons. The van der Waals surface area contributed by atoms with Gasteiger partial charge in [-0.3, -0.25) is 9.67 Å². The van der Waals surface area contributed by atoms with Crippen LogP contribution in [0.15, 0.2) is 17.9 Å². The van der Waals surface area contributed by atoms with E-state index in [1.165, 1.54) is 0 Å². The number of thiazole rings is 1. The zero-order valence-electron chi connectivity index (χ0n) is 12.0. The van der Waals surface area contributed by atoms with Crippen LogP contribution in [0, 0.1) is 0 Å². The van der Waals surface area contributed by atoms with Crippen LogP contribution in [0.1, 0.15) is 23.5 Å². The molecule has 2 aromatic heterocycles. The van der Waals surface area contributed by atoms with E-state index < -0.39 is 0 Å². The Morgan fingerprint density at radius 2 is 2.25 bits per heavy atom. The summed E-state index contributed by atoms with van der Waals surface area (Å²) < 4.78 is 1.98. The maximum Gasteiger partial charge on any atom is 0.0873 e. The van der Waals surface area contributed by atoms with Crippen molar-refractivity contribution < 1.29 is 0 Å². The summed E-state index contributed by atoms with van der Waals surface area (Å²) in [5, 5.41) is 8.57. The molecule has 110 valence electrons. The van der Waals surface area contributed by atoms with Gasteiger partial charge in [0, 0.05) is 17.6 Å². The first-order chi connectivity index (χ1) is 9.63. The summed E-state index contributed by atoms with van der Waals surface area (Å²) in [5.74, 6) is 0. The highest BCUT2D eigenvalue weighted by atomic mass is 35.5. The van der Waals surface area contributed by atoms with Crippen LogP contribution in [-0.4, -0.2) is 46.8 Å². The van der Waals surface area contributed by atoms with Crippen molar-refractivity contribution >= 4 is 22.9 Å². The minimum Gasteiger partial charge on any atom is -0.308 e. The Balaban J connectivity index is 2.30.